The average Bonchev–Trinajstić information content (AvgIpc) is 3.04. The van der Waals surface area contributed by atoms with E-state index in [-0.39, 0.29) is 0 Å². The molecule has 0 unspecified atom stereocenters. The molecule has 14 heavy (non-hydrogen) atoms. The summed E-state index contributed by atoms with van der Waals surface area (Å²) in [6.07, 6.45) is 2.26. The fourth-order valence-electron chi connectivity index (χ4n) is 1.62. The highest BCUT2D eigenvalue weighted by molar-refractivity contribution is 5.81. The van der Waals surface area contributed by atoms with Crippen LogP contribution in [-0.4, -0.2) is 48.9 Å². The van der Waals surface area contributed by atoms with Gasteiger partial charge in [0.2, 0.25) is 5.91 Å². The largest absolute Gasteiger partial charge is 0.340 e. The number of nitrogens with zero attached hydrogens (tertiary/aromatic N) is 2. The van der Waals surface area contributed by atoms with Crippen LogP contribution in [0.15, 0.2) is 0 Å². The van der Waals surface area contributed by atoms with Crippen LogP contribution in [0.25, 0.3) is 0 Å². The standard InChI is InChI=1S/C9H16N2O.C2H6/c1-10-4-6-11(7-5-10)9(12)8-2-3-8;1-2/h8H,2-7H2,1H3;1-2H3. The van der Waals surface area contributed by atoms with E-state index in [0.29, 0.717) is 11.8 Å². The Morgan fingerprint density at radius 1 is 1.07 bits per heavy atom. The Bertz CT molecular complexity index is 182. The van der Waals surface area contributed by atoms with Crippen LogP contribution < -0.4 is 0 Å². The molecule has 0 spiro atoms. The zero-order valence-electron chi connectivity index (χ0n) is 9.62. The molecule has 0 aromatic heterocycles. The van der Waals surface area contributed by atoms with Crippen LogP contribution in [0.3, 0.4) is 0 Å². The monoisotopic (exact) mass is 198 g/mol. The molecule has 2 fully saturated rings. The summed E-state index contributed by atoms with van der Waals surface area (Å²) in [4.78, 5) is 15.9. The van der Waals surface area contributed by atoms with E-state index in [4.69, 9.17) is 0 Å². The van der Waals surface area contributed by atoms with Crippen molar-refractivity contribution >= 4 is 5.91 Å². The van der Waals surface area contributed by atoms with Crippen LogP contribution in [-0.2, 0) is 4.79 Å². The van der Waals surface area contributed by atoms with E-state index in [0.717, 1.165) is 39.0 Å². The highest BCUT2D eigenvalue weighted by Gasteiger charge is 2.34. The predicted octanol–water partition coefficient (Wildman–Crippen LogP) is 1.20. The van der Waals surface area contributed by atoms with Gasteiger partial charge in [-0.2, -0.15) is 0 Å². The molecule has 1 amide bonds. The van der Waals surface area contributed by atoms with Gasteiger partial charge >= 0.3 is 0 Å². The number of piperazine rings is 1. The first-order valence-corrected chi connectivity index (χ1v) is 5.75. The molecule has 3 heteroatoms. The summed E-state index contributed by atoms with van der Waals surface area (Å²) in [6, 6.07) is 0. The van der Waals surface area contributed by atoms with Gasteiger partial charge in [0.1, 0.15) is 0 Å². The van der Waals surface area contributed by atoms with Gasteiger partial charge in [0.05, 0.1) is 0 Å². The van der Waals surface area contributed by atoms with Crippen molar-refractivity contribution in [1.29, 1.82) is 0 Å². The molecule has 1 aliphatic carbocycles. The van der Waals surface area contributed by atoms with E-state index in [1.54, 1.807) is 0 Å². The molecule has 1 saturated heterocycles. The van der Waals surface area contributed by atoms with Crippen molar-refractivity contribution in [3.05, 3.63) is 0 Å². The third kappa shape index (κ3) is 2.98. The van der Waals surface area contributed by atoms with Gasteiger partial charge in [-0.3, -0.25) is 4.79 Å². The second-order valence-electron chi connectivity index (χ2n) is 3.90. The third-order valence-corrected chi connectivity index (χ3v) is 2.74. The fourth-order valence-corrected chi connectivity index (χ4v) is 1.62. The summed E-state index contributed by atoms with van der Waals surface area (Å²) >= 11 is 0. The molecule has 0 bridgehead atoms. The molecule has 0 atom stereocenters. The number of hydrogen-bond acceptors (Lipinski definition) is 2. The quantitative estimate of drug-likeness (QED) is 0.632. The van der Waals surface area contributed by atoms with E-state index in [9.17, 15) is 4.79 Å². The van der Waals surface area contributed by atoms with Crippen molar-refractivity contribution in [3.8, 4) is 0 Å². The van der Waals surface area contributed by atoms with Gasteiger partial charge in [-0.15, -0.1) is 0 Å². The van der Waals surface area contributed by atoms with Gasteiger partial charge in [0.25, 0.3) is 0 Å². The van der Waals surface area contributed by atoms with E-state index in [1.165, 1.54) is 0 Å². The molecule has 3 nitrogen and oxygen atoms in total. The van der Waals surface area contributed by atoms with Crippen molar-refractivity contribution < 1.29 is 4.79 Å². The summed E-state index contributed by atoms with van der Waals surface area (Å²) in [5, 5.41) is 0. The lowest BCUT2D eigenvalue weighted by Crippen LogP contribution is -2.47. The summed E-state index contributed by atoms with van der Waals surface area (Å²) in [5.41, 5.74) is 0. The number of rotatable bonds is 1. The lowest BCUT2D eigenvalue weighted by atomic mass is 10.3. The van der Waals surface area contributed by atoms with Crippen molar-refractivity contribution in [2.45, 2.75) is 26.7 Å². The Morgan fingerprint density at radius 3 is 2.00 bits per heavy atom. The minimum Gasteiger partial charge on any atom is -0.340 e. The van der Waals surface area contributed by atoms with Crippen LogP contribution in [0.4, 0.5) is 0 Å². The van der Waals surface area contributed by atoms with Crippen molar-refractivity contribution in [1.82, 2.24) is 9.80 Å². The molecule has 1 heterocycles. The Morgan fingerprint density at radius 2 is 1.57 bits per heavy atom. The minimum absolute atomic E-state index is 0.397. The van der Waals surface area contributed by atoms with E-state index < -0.39 is 0 Å². The first kappa shape index (κ1) is 11.5. The normalized spacial score (nSPS) is 22.6. The van der Waals surface area contributed by atoms with Gasteiger partial charge in [0.15, 0.2) is 0 Å². The first-order valence-electron chi connectivity index (χ1n) is 5.75. The number of carbonyl (C=O) groups excluding carboxylic acids is 1. The van der Waals surface area contributed by atoms with Crippen molar-refractivity contribution in [3.63, 3.8) is 0 Å². The molecule has 0 N–H and O–H groups in total. The molecule has 0 radical (unpaired) electrons. The summed E-state index contributed by atoms with van der Waals surface area (Å²) in [6.45, 7) is 7.95. The molecule has 2 rings (SSSR count). The van der Waals surface area contributed by atoms with Crippen molar-refractivity contribution in [2.75, 3.05) is 33.2 Å². The van der Waals surface area contributed by atoms with E-state index in [1.807, 2.05) is 18.7 Å². The molecule has 1 saturated carbocycles. The third-order valence-electron chi connectivity index (χ3n) is 2.74. The van der Waals surface area contributed by atoms with Gasteiger partial charge in [-0.1, -0.05) is 13.8 Å². The molecular weight excluding hydrogens is 176 g/mol. The number of hydrogen-bond donors (Lipinski definition) is 0. The molecule has 0 aromatic rings. The zero-order chi connectivity index (χ0) is 10.6. The molecule has 1 aliphatic heterocycles. The highest BCUT2D eigenvalue weighted by Crippen LogP contribution is 2.31. The Hall–Kier alpha value is -0.570. The fraction of sp³-hybridized carbons (Fsp3) is 0.909. The maximum Gasteiger partial charge on any atom is 0.225 e. The number of amides is 1. The predicted molar refractivity (Wildman–Crippen MR) is 58.1 cm³/mol. The van der Waals surface area contributed by atoms with Gasteiger partial charge in [0, 0.05) is 32.1 Å². The Balaban J connectivity index is 0.000000461. The van der Waals surface area contributed by atoms with Crippen LogP contribution in [0.1, 0.15) is 26.7 Å². The van der Waals surface area contributed by atoms with E-state index >= 15 is 0 Å². The summed E-state index contributed by atoms with van der Waals surface area (Å²) in [5.74, 6) is 0.802. The average molecular weight is 198 g/mol. The van der Waals surface area contributed by atoms with Crippen LogP contribution >= 0.6 is 0 Å². The van der Waals surface area contributed by atoms with Crippen LogP contribution in [0.5, 0.6) is 0 Å². The molecule has 82 valence electrons. The number of likely N-dealkylation sites (N-methyl/N-ethyl adjacent to an activating group) is 1. The van der Waals surface area contributed by atoms with Gasteiger partial charge in [-0.05, 0) is 19.9 Å². The van der Waals surface area contributed by atoms with Gasteiger partial charge in [-0.25, -0.2) is 0 Å². The maximum atomic E-state index is 11.6. The zero-order valence-corrected chi connectivity index (χ0v) is 9.62. The molecule has 0 aromatic carbocycles. The lowest BCUT2D eigenvalue weighted by molar-refractivity contribution is -0.134. The van der Waals surface area contributed by atoms with E-state index in [2.05, 4.69) is 11.9 Å². The second kappa shape index (κ2) is 5.35. The number of carbonyl (C=O) groups is 1. The molecular formula is C11H22N2O. The minimum atomic E-state index is 0.397. The lowest BCUT2D eigenvalue weighted by Gasteiger charge is -2.32. The SMILES string of the molecule is CC.CN1CCN(C(=O)C2CC2)CC1. The second-order valence-corrected chi connectivity index (χ2v) is 3.90. The smallest absolute Gasteiger partial charge is 0.225 e. The topological polar surface area (TPSA) is 23.6 Å². The Labute approximate surface area is 87.1 Å². The summed E-state index contributed by atoms with van der Waals surface area (Å²) in [7, 11) is 2.11. The molecule has 2 aliphatic rings. The van der Waals surface area contributed by atoms with Crippen LogP contribution in [0, 0.1) is 5.92 Å². The summed E-state index contributed by atoms with van der Waals surface area (Å²) < 4.78 is 0. The van der Waals surface area contributed by atoms with Crippen LogP contribution in [0.2, 0.25) is 0 Å². The Kier molecular flexibility index (Phi) is 4.39. The van der Waals surface area contributed by atoms with Crippen molar-refractivity contribution in [2.24, 2.45) is 5.92 Å². The highest BCUT2D eigenvalue weighted by atomic mass is 16.2. The van der Waals surface area contributed by atoms with Gasteiger partial charge < -0.3 is 9.80 Å². The maximum absolute atomic E-state index is 11.6. The first-order chi connectivity index (χ1) is 6.77.